The summed E-state index contributed by atoms with van der Waals surface area (Å²) in [5, 5.41) is 60.3. The first-order valence-corrected chi connectivity index (χ1v) is 12.1. The van der Waals surface area contributed by atoms with E-state index < -0.39 is 61.4 Å². The number of hydrogen-bond donors (Lipinski definition) is 6. The van der Waals surface area contributed by atoms with Gasteiger partial charge in [-0.2, -0.15) is 0 Å². The molecule has 3 rings (SSSR count). The minimum atomic E-state index is -1.58. The maximum atomic E-state index is 12.0. The van der Waals surface area contributed by atoms with E-state index in [1.54, 1.807) is 6.92 Å². The number of rotatable bonds is 7. The second-order valence-electron chi connectivity index (χ2n) is 10.7. The van der Waals surface area contributed by atoms with Crippen LogP contribution in [0.1, 0.15) is 40.5 Å². The molecule has 0 aromatic rings. The Kier molecular flexibility index (Phi) is 9.47. The van der Waals surface area contributed by atoms with Gasteiger partial charge in [0.25, 0.3) is 0 Å². The third-order valence-electron chi connectivity index (χ3n) is 7.20. The molecule has 11 heteroatoms. The Morgan fingerprint density at radius 1 is 1.03 bits per heavy atom. The van der Waals surface area contributed by atoms with Crippen LogP contribution in [0.25, 0.3) is 0 Å². The van der Waals surface area contributed by atoms with Gasteiger partial charge in [0, 0.05) is 12.8 Å². The minimum Gasteiger partial charge on any atom is -0.388 e. The van der Waals surface area contributed by atoms with Gasteiger partial charge in [-0.15, -0.1) is 0 Å². The van der Waals surface area contributed by atoms with E-state index >= 15 is 0 Å². The number of Topliss-reactive ketones (excluding diaryl/α,β-unsaturated/α-hetero) is 1. The summed E-state index contributed by atoms with van der Waals surface area (Å²) in [6.45, 7) is 7.32. The minimum absolute atomic E-state index is 0.160. The molecule has 0 bridgehead atoms. The van der Waals surface area contributed by atoms with Gasteiger partial charge in [-0.25, -0.2) is 0 Å². The lowest BCUT2D eigenvalue weighted by Gasteiger charge is -2.42. The molecule has 12 atom stereocenters. The highest BCUT2D eigenvalue weighted by Crippen LogP contribution is 2.43. The Bertz CT molecular complexity index is 743. The number of ether oxygens (including phenoxy) is 4. The molecule has 0 aromatic carbocycles. The summed E-state index contributed by atoms with van der Waals surface area (Å²) >= 11 is 0. The van der Waals surface area contributed by atoms with Crippen molar-refractivity contribution in [2.24, 2.45) is 17.3 Å². The third-order valence-corrected chi connectivity index (χ3v) is 7.20. The molecule has 0 radical (unpaired) electrons. The Labute approximate surface area is 205 Å². The monoisotopic (exact) mass is 504 g/mol. The fourth-order valence-corrected chi connectivity index (χ4v) is 5.22. The van der Waals surface area contributed by atoms with Crippen molar-refractivity contribution in [3.63, 3.8) is 0 Å². The van der Waals surface area contributed by atoms with Gasteiger partial charge in [0.05, 0.1) is 19.3 Å². The lowest BCUT2D eigenvalue weighted by atomic mass is 9.63. The highest BCUT2D eigenvalue weighted by molar-refractivity contribution is 5.80. The maximum absolute atomic E-state index is 12.0. The van der Waals surface area contributed by atoms with Crippen LogP contribution >= 0.6 is 0 Å². The van der Waals surface area contributed by atoms with Crippen LogP contribution < -0.4 is 0 Å². The number of hydrogen-bond acceptors (Lipinski definition) is 11. The van der Waals surface area contributed by atoms with E-state index in [4.69, 9.17) is 18.9 Å². The van der Waals surface area contributed by atoms with E-state index in [1.165, 1.54) is 0 Å². The smallest absolute Gasteiger partial charge is 0.187 e. The van der Waals surface area contributed by atoms with Crippen molar-refractivity contribution in [2.45, 2.75) is 102 Å². The molecule has 6 N–H and O–H groups in total. The molecule has 1 aliphatic carbocycles. The predicted molar refractivity (Wildman–Crippen MR) is 121 cm³/mol. The summed E-state index contributed by atoms with van der Waals surface area (Å²) < 4.78 is 22.0. The first kappa shape index (κ1) is 28.6. The van der Waals surface area contributed by atoms with Crippen molar-refractivity contribution in [1.29, 1.82) is 0 Å². The SMILES string of the molecule is CC(C=CC1C(C)CC(=O)CC1(C)C)OC1OC(COC2OCC(O)C(O)C2O)C(O)C(O)C1O. The molecule has 1 saturated carbocycles. The average Bonchev–Trinajstić information content (AvgIpc) is 2.76. The van der Waals surface area contributed by atoms with Gasteiger partial charge in [-0.3, -0.25) is 4.79 Å². The van der Waals surface area contributed by atoms with Crippen LogP contribution in [0.5, 0.6) is 0 Å². The largest absolute Gasteiger partial charge is 0.388 e. The Morgan fingerprint density at radius 3 is 2.34 bits per heavy atom. The zero-order valence-corrected chi connectivity index (χ0v) is 20.6. The quantitative estimate of drug-likeness (QED) is 0.231. The molecule has 2 heterocycles. The molecule has 11 nitrogen and oxygen atoms in total. The van der Waals surface area contributed by atoms with E-state index in [2.05, 4.69) is 13.8 Å². The molecule has 35 heavy (non-hydrogen) atoms. The maximum Gasteiger partial charge on any atom is 0.187 e. The van der Waals surface area contributed by atoms with Crippen molar-refractivity contribution in [1.82, 2.24) is 0 Å². The number of allylic oxidation sites excluding steroid dienone is 1. The zero-order valence-electron chi connectivity index (χ0n) is 20.6. The normalized spacial score (nSPS) is 45.5. The fourth-order valence-electron chi connectivity index (χ4n) is 5.22. The van der Waals surface area contributed by atoms with Crippen LogP contribution in [0.15, 0.2) is 12.2 Å². The molecule has 0 spiro atoms. The fraction of sp³-hybridized carbons (Fsp3) is 0.875. The number of aliphatic hydroxyl groups excluding tert-OH is 6. The lowest BCUT2D eigenvalue weighted by molar-refractivity contribution is -0.324. The van der Waals surface area contributed by atoms with Gasteiger partial charge >= 0.3 is 0 Å². The first-order valence-electron chi connectivity index (χ1n) is 12.1. The Balaban J connectivity index is 1.58. The van der Waals surface area contributed by atoms with Crippen LogP contribution in [0.3, 0.4) is 0 Å². The highest BCUT2D eigenvalue weighted by Gasteiger charge is 2.46. The topological polar surface area (TPSA) is 175 Å². The summed E-state index contributed by atoms with van der Waals surface area (Å²) in [5.74, 6) is 0.599. The van der Waals surface area contributed by atoms with Crippen molar-refractivity contribution in [3.05, 3.63) is 12.2 Å². The second kappa shape index (κ2) is 11.6. The highest BCUT2D eigenvalue weighted by atomic mass is 16.7. The number of carbonyl (C=O) groups is 1. The zero-order chi connectivity index (χ0) is 26.1. The predicted octanol–water partition coefficient (Wildman–Crippen LogP) is -1.15. The molecule has 3 aliphatic rings. The van der Waals surface area contributed by atoms with Crippen molar-refractivity contribution in [2.75, 3.05) is 13.2 Å². The van der Waals surface area contributed by atoms with Crippen molar-refractivity contribution < 1.29 is 54.4 Å². The van der Waals surface area contributed by atoms with Crippen LogP contribution in [0.4, 0.5) is 0 Å². The van der Waals surface area contributed by atoms with Crippen molar-refractivity contribution >= 4 is 5.78 Å². The van der Waals surface area contributed by atoms with E-state index in [0.717, 1.165) is 0 Å². The van der Waals surface area contributed by atoms with Gasteiger partial charge in [-0.1, -0.05) is 32.9 Å². The van der Waals surface area contributed by atoms with Crippen LogP contribution in [-0.2, 0) is 23.7 Å². The standard InChI is InChI=1S/C24H40O11/c1-11-7-13(25)8-24(3,4)14(11)6-5-12(2)34-23-21(31)19(29)18(28)16(35-23)10-33-22-20(30)17(27)15(26)9-32-22/h5-6,11-12,14-23,26-31H,7-10H2,1-4H3. The summed E-state index contributed by atoms with van der Waals surface area (Å²) in [5.41, 5.74) is -0.191. The van der Waals surface area contributed by atoms with Gasteiger partial charge in [0.1, 0.15) is 48.5 Å². The second-order valence-corrected chi connectivity index (χ2v) is 10.7. The van der Waals surface area contributed by atoms with E-state index in [1.807, 2.05) is 19.1 Å². The van der Waals surface area contributed by atoms with Gasteiger partial charge in [-0.05, 0) is 24.2 Å². The molecule has 12 unspecified atom stereocenters. The van der Waals surface area contributed by atoms with Gasteiger partial charge < -0.3 is 49.6 Å². The van der Waals surface area contributed by atoms with Gasteiger partial charge in [0.15, 0.2) is 12.6 Å². The Morgan fingerprint density at radius 2 is 1.69 bits per heavy atom. The molecule has 2 saturated heterocycles. The van der Waals surface area contributed by atoms with Crippen LogP contribution in [0, 0.1) is 17.3 Å². The third kappa shape index (κ3) is 6.67. The summed E-state index contributed by atoms with van der Waals surface area (Å²) in [4.78, 5) is 12.0. The molecular weight excluding hydrogens is 464 g/mol. The summed E-state index contributed by atoms with van der Waals surface area (Å²) in [6, 6.07) is 0. The molecule has 3 fully saturated rings. The number of carbonyl (C=O) groups excluding carboxylic acids is 1. The first-order chi connectivity index (χ1) is 16.3. The average molecular weight is 505 g/mol. The molecule has 2 aliphatic heterocycles. The molecular formula is C24H40O11. The van der Waals surface area contributed by atoms with Crippen LogP contribution in [0.2, 0.25) is 0 Å². The Hall–Kier alpha value is -0.990. The lowest BCUT2D eigenvalue weighted by Crippen LogP contribution is -2.60. The number of ketones is 1. The summed E-state index contributed by atoms with van der Waals surface area (Å²) in [6.07, 6.45) is -8.15. The van der Waals surface area contributed by atoms with E-state index in [-0.39, 0.29) is 36.2 Å². The van der Waals surface area contributed by atoms with E-state index in [0.29, 0.717) is 12.8 Å². The van der Waals surface area contributed by atoms with Crippen LogP contribution in [-0.4, -0.2) is 111 Å². The molecule has 202 valence electrons. The van der Waals surface area contributed by atoms with Crippen molar-refractivity contribution in [3.8, 4) is 0 Å². The molecule has 0 aromatic heterocycles. The summed E-state index contributed by atoms with van der Waals surface area (Å²) in [7, 11) is 0. The van der Waals surface area contributed by atoms with Gasteiger partial charge in [0.2, 0.25) is 0 Å². The number of aliphatic hydroxyl groups is 6. The van der Waals surface area contributed by atoms with E-state index in [9.17, 15) is 35.4 Å². The molecule has 0 amide bonds.